The van der Waals surface area contributed by atoms with E-state index in [0.717, 1.165) is 19.3 Å². The minimum atomic E-state index is -4.57. The molecule has 6 heteroatoms. The van der Waals surface area contributed by atoms with Crippen LogP contribution in [0.5, 0.6) is 0 Å². The van der Waals surface area contributed by atoms with Crippen molar-refractivity contribution in [2.24, 2.45) is 0 Å². The van der Waals surface area contributed by atoms with Crippen LogP contribution in [0.4, 0.5) is 0 Å². The van der Waals surface area contributed by atoms with Gasteiger partial charge in [0, 0.05) is 0 Å². The number of allylic oxidation sites excluding steroid dienone is 4. The molecule has 0 bridgehead atoms. The molecule has 0 fully saturated rings. The Labute approximate surface area is 186 Å². The molecule has 5 nitrogen and oxygen atoms in total. The highest BCUT2D eigenvalue weighted by molar-refractivity contribution is 7.53. The molecule has 0 spiro atoms. The number of likely N-dealkylation sites (N-methyl/N-ethyl adjacent to an activating group) is 1. The standard InChI is InChI=1S/C24H48NO4P/c1-5-6-7-8-9-10-11-12-13-14-15-16-17-18-19-20-21-22-24(26,30(27,28)29)23-25(2,3)4/h14-15,18-19,26H,5-13,16-17,20-23H2,1-4H3,(H-,27,28,29)/p+1/b15-14-,19-18-. The van der Waals surface area contributed by atoms with Gasteiger partial charge >= 0.3 is 7.60 Å². The third kappa shape index (κ3) is 16.3. The summed E-state index contributed by atoms with van der Waals surface area (Å²) >= 11 is 0. The maximum Gasteiger partial charge on any atom is 0.362 e. The molecule has 0 amide bonds. The summed E-state index contributed by atoms with van der Waals surface area (Å²) < 4.78 is 12.1. The van der Waals surface area contributed by atoms with Crippen LogP contribution in [0.3, 0.4) is 0 Å². The van der Waals surface area contributed by atoms with Gasteiger partial charge in [0.2, 0.25) is 5.34 Å². The van der Waals surface area contributed by atoms with Gasteiger partial charge in [0.1, 0.15) is 6.54 Å². The third-order valence-corrected chi connectivity index (χ3v) is 6.72. The number of unbranched alkanes of at least 4 members (excludes halogenated alkanes) is 10. The van der Waals surface area contributed by atoms with E-state index in [0.29, 0.717) is 10.9 Å². The number of nitrogens with zero attached hydrogens (tertiary/aromatic N) is 1. The lowest BCUT2D eigenvalue weighted by atomic mass is 10.1. The van der Waals surface area contributed by atoms with E-state index in [2.05, 4.69) is 31.2 Å². The van der Waals surface area contributed by atoms with Gasteiger partial charge in [0.15, 0.2) is 0 Å². The van der Waals surface area contributed by atoms with Gasteiger partial charge in [-0.2, -0.15) is 0 Å². The normalized spacial score (nSPS) is 15.3. The number of quaternary nitrogens is 1. The predicted molar refractivity (Wildman–Crippen MR) is 128 cm³/mol. The van der Waals surface area contributed by atoms with E-state index >= 15 is 0 Å². The Morgan fingerprint density at radius 2 is 1.17 bits per heavy atom. The number of aliphatic hydroxyl groups is 1. The topological polar surface area (TPSA) is 77.8 Å². The second kappa shape index (κ2) is 16.2. The summed E-state index contributed by atoms with van der Waals surface area (Å²) in [6.07, 6.45) is 24.1. The van der Waals surface area contributed by atoms with Crippen LogP contribution >= 0.6 is 7.60 Å². The molecule has 0 aliphatic heterocycles. The summed E-state index contributed by atoms with van der Waals surface area (Å²) in [5.41, 5.74) is 0. The monoisotopic (exact) mass is 446 g/mol. The van der Waals surface area contributed by atoms with Crippen molar-refractivity contribution >= 4 is 7.60 Å². The molecular weight excluding hydrogens is 397 g/mol. The van der Waals surface area contributed by atoms with Crippen LogP contribution in [0.1, 0.15) is 96.8 Å². The molecule has 0 saturated heterocycles. The number of hydrogen-bond donors (Lipinski definition) is 3. The SMILES string of the molecule is CCCCCCCCCC/C=C\CC/C=C\CCCC(O)(C[N+](C)(C)C)P(=O)(O)O. The first-order valence-electron chi connectivity index (χ1n) is 11.9. The van der Waals surface area contributed by atoms with Gasteiger partial charge in [-0.25, -0.2) is 0 Å². The summed E-state index contributed by atoms with van der Waals surface area (Å²) in [5.74, 6) is 0. The van der Waals surface area contributed by atoms with Crippen LogP contribution in [-0.2, 0) is 4.57 Å². The maximum atomic E-state index is 11.7. The summed E-state index contributed by atoms with van der Waals surface area (Å²) in [7, 11) is 0.898. The summed E-state index contributed by atoms with van der Waals surface area (Å²) in [5, 5.41) is 8.55. The van der Waals surface area contributed by atoms with E-state index in [1.165, 1.54) is 57.8 Å². The quantitative estimate of drug-likeness (QED) is 0.0962. The molecule has 0 aromatic heterocycles. The summed E-state index contributed by atoms with van der Waals surface area (Å²) in [6, 6.07) is 0. The highest BCUT2D eigenvalue weighted by Crippen LogP contribution is 2.52. The van der Waals surface area contributed by atoms with Crippen molar-refractivity contribution in [2.45, 2.75) is 102 Å². The average molecular weight is 447 g/mol. The van der Waals surface area contributed by atoms with Crippen LogP contribution in [-0.4, -0.2) is 52.4 Å². The molecule has 178 valence electrons. The van der Waals surface area contributed by atoms with Crippen molar-refractivity contribution in [3.05, 3.63) is 24.3 Å². The van der Waals surface area contributed by atoms with Gasteiger partial charge in [-0.05, 0) is 44.9 Å². The Bertz CT molecular complexity index is 522. The molecule has 0 rings (SSSR count). The number of hydrogen-bond acceptors (Lipinski definition) is 2. The van der Waals surface area contributed by atoms with Gasteiger partial charge in [-0.3, -0.25) is 4.57 Å². The summed E-state index contributed by atoms with van der Waals surface area (Å²) in [6.45, 7) is 2.29. The highest BCUT2D eigenvalue weighted by Gasteiger charge is 2.48. The molecule has 0 aliphatic carbocycles. The van der Waals surface area contributed by atoms with Crippen molar-refractivity contribution in [1.29, 1.82) is 0 Å². The second-order valence-corrected chi connectivity index (χ2v) is 11.6. The second-order valence-electron chi connectivity index (χ2n) is 9.65. The molecule has 0 aliphatic rings. The average Bonchev–Trinajstić information content (AvgIpc) is 2.62. The lowest BCUT2D eigenvalue weighted by Gasteiger charge is -2.35. The zero-order valence-corrected chi connectivity index (χ0v) is 21.0. The first kappa shape index (κ1) is 29.5. The Morgan fingerprint density at radius 1 is 0.733 bits per heavy atom. The van der Waals surface area contributed by atoms with Gasteiger partial charge in [-0.1, -0.05) is 76.2 Å². The lowest BCUT2D eigenvalue weighted by Crippen LogP contribution is -2.49. The molecule has 0 heterocycles. The first-order valence-corrected chi connectivity index (χ1v) is 13.5. The Balaban J connectivity index is 3.81. The first-order chi connectivity index (χ1) is 14.0. The van der Waals surface area contributed by atoms with Crippen LogP contribution in [0.2, 0.25) is 0 Å². The van der Waals surface area contributed by atoms with Crippen molar-refractivity contribution in [3.8, 4) is 0 Å². The fourth-order valence-electron chi connectivity index (χ4n) is 3.64. The van der Waals surface area contributed by atoms with E-state index in [9.17, 15) is 19.5 Å². The number of rotatable bonds is 19. The predicted octanol–water partition coefficient (Wildman–Crippen LogP) is 6.15. The van der Waals surface area contributed by atoms with Crippen molar-refractivity contribution in [2.75, 3.05) is 27.7 Å². The van der Waals surface area contributed by atoms with Crippen molar-refractivity contribution in [1.82, 2.24) is 0 Å². The molecule has 30 heavy (non-hydrogen) atoms. The molecule has 0 aromatic carbocycles. The zero-order chi connectivity index (χ0) is 22.9. The lowest BCUT2D eigenvalue weighted by molar-refractivity contribution is -0.875. The Kier molecular flexibility index (Phi) is 16.0. The van der Waals surface area contributed by atoms with Gasteiger partial charge < -0.3 is 19.4 Å². The van der Waals surface area contributed by atoms with E-state index in [4.69, 9.17) is 0 Å². The molecule has 0 radical (unpaired) electrons. The third-order valence-electron chi connectivity index (χ3n) is 5.28. The smallest absolute Gasteiger partial charge is 0.362 e. The molecule has 3 N–H and O–H groups in total. The maximum absolute atomic E-state index is 11.7. The molecular formula is C24H49NO4P+. The highest BCUT2D eigenvalue weighted by atomic mass is 31.2. The van der Waals surface area contributed by atoms with Gasteiger partial charge in [0.05, 0.1) is 21.1 Å². The zero-order valence-electron chi connectivity index (χ0n) is 20.1. The molecule has 1 atom stereocenters. The van der Waals surface area contributed by atoms with Gasteiger partial charge in [0.25, 0.3) is 0 Å². The Hall–Kier alpha value is -0.450. The molecule has 0 saturated carbocycles. The van der Waals surface area contributed by atoms with Crippen LogP contribution in [0.15, 0.2) is 24.3 Å². The van der Waals surface area contributed by atoms with Crippen LogP contribution in [0, 0.1) is 0 Å². The van der Waals surface area contributed by atoms with E-state index in [1.54, 1.807) is 0 Å². The van der Waals surface area contributed by atoms with Crippen LogP contribution < -0.4 is 0 Å². The molecule has 1 unspecified atom stereocenters. The minimum absolute atomic E-state index is 0.0324. The van der Waals surface area contributed by atoms with Crippen molar-refractivity contribution < 1.29 is 23.9 Å². The van der Waals surface area contributed by atoms with E-state index in [1.807, 2.05) is 21.1 Å². The fourth-order valence-corrected chi connectivity index (χ4v) is 4.70. The van der Waals surface area contributed by atoms with Gasteiger partial charge in [-0.15, -0.1) is 0 Å². The van der Waals surface area contributed by atoms with E-state index < -0.39 is 12.9 Å². The Morgan fingerprint density at radius 3 is 1.63 bits per heavy atom. The largest absolute Gasteiger partial charge is 0.373 e. The van der Waals surface area contributed by atoms with E-state index in [-0.39, 0.29) is 13.0 Å². The fraction of sp³-hybridized carbons (Fsp3) is 0.833. The molecule has 0 aromatic rings. The van der Waals surface area contributed by atoms with Crippen LogP contribution in [0.25, 0.3) is 0 Å². The minimum Gasteiger partial charge on any atom is -0.373 e. The van der Waals surface area contributed by atoms with Crippen molar-refractivity contribution in [3.63, 3.8) is 0 Å². The summed E-state index contributed by atoms with van der Waals surface area (Å²) in [4.78, 5) is 19.1.